The molecule has 2 unspecified atom stereocenters. The number of hydrogen-bond donors (Lipinski definition) is 0. The summed E-state index contributed by atoms with van der Waals surface area (Å²) in [6.07, 6.45) is -0.359. The number of halogens is 4. The summed E-state index contributed by atoms with van der Waals surface area (Å²) in [6, 6.07) is 0.503. The molecule has 0 radical (unpaired) electrons. The largest absolute Gasteiger partial charge is 0.417 e. The third-order valence-electron chi connectivity index (χ3n) is 4.73. The molecule has 1 amide bonds. The highest BCUT2D eigenvalue weighted by atomic mass is 35.5. The smallest absolute Gasteiger partial charge is 0.374 e. The van der Waals surface area contributed by atoms with E-state index < -0.39 is 34.8 Å². The van der Waals surface area contributed by atoms with Crippen LogP contribution in [-0.2, 0) is 22.3 Å². The van der Waals surface area contributed by atoms with Crippen molar-refractivity contribution in [1.29, 1.82) is 0 Å². The Morgan fingerprint density at radius 1 is 1.32 bits per heavy atom. The first-order valence-corrected chi connectivity index (χ1v) is 8.53. The molecule has 2 heterocycles. The van der Waals surface area contributed by atoms with Crippen LogP contribution in [0.3, 0.4) is 0 Å². The number of rotatable bonds is 2. The van der Waals surface area contributed by atoms with Gasteiger partial charge in [0, 0.05) is 12.7 Å². The Bertz CT molecular complexity index is 718. The van der Waals surface area contributed by atoms with Crippen molar-refractivity contribution in [2.75, 3.05) is 13.2 Å². The molecule has 138 valence electrons. The van der Waals surface area contributed by atoms with Crippen LogP contribution in [0.2, 0.25) is 5.02 Å². The number of hydrogen-bond acceptors (Lipinski definition) is 3. The highest BCUT2D eigenvalue weighted by molar-refractivity contribution is 6.30. The predicted octanol–water partition coefficient (Wildman–Crippen LogP) is 2.69. The minimum atomic E-state index is -4.64. The molecule has 0 aromatic carbocycles. The van der Waals surface area contributed by atoms with E-state index >= 15 is 0 Å². The highest BCUT2D eigenvalue weighted by Crippen LogP contribution is 2.30. The molecular formula is C16H18ClF3N2O3. The van der Waals surface area contributed by atoms with Gasteiger partial charge in [0.05, 0.1) is 24.3 Å². The Balaban J connectivity index is 1.83. The van der Waals surface area contributed by atoms with Crippen LogP contribution in [0.1, 0.15) is 31.2 Å². The van der Waals surface area contributed by atoms with E-state index in [2.05, 4.69) is 0 Å². The van der Waals surface area contributed by atoms with Gasteiger partial charge in [0.15, 0.2) is 0 Å². The van der Waals surface area contributed by atoms with Crippen molar-refractivity contribution in [2.24, 2.45) is 0 Å². The molecule has 0 bridgehead atoms. The van der Waals surface area contributed by atoms with E-state index in [-0.39, 0.29) is 12.1 Å². The zero-order valence-corrected chi connectivity index (χ0v) is 14.1. The third kappa shape index (κ3) is 3.84. The molecule has 5 nitrogen and oxygen atoms in total. The molecule has 1 aliphatic carbocycles. The van der Waals surface area contributed by atoms with E-state index in [1.54, 1.807) is 4.90 Å². The van der Waals surface area contributed by atoms with Crippen LogP contribution in [0.5, 0.6) is 0 Å². The van der Waals surface area contributed by atoms with Crippen LogP contribution in [-0.4, -0.2) is 40.7 Å². The average molecular weight is 379 g/mol. The molecule has 2 atom stereocenters. The summed E-state index contributed by atoms with van der Waals surface area (Å²) in [5.41, 5.74) is -1.86. The quantitative estimate of drug-likeness (QED) is 0.795. The second kappa shape index (κ2) is 6.99. The zero-order chi connectivity index (χ0) is 18.2. The number of amides is 1. The fourth-order valence-electron chi connectivity index (χ4n) is 3.51. The van der Waals surface area contributed by atoms with Crippen LogP contribution >= 0.6 is 11.6 Å². The van der Waals surface area contributed by atoms with Gasteiger partial charge in [0.1, 0.15) is 11.6 Å². The van der Waals surface area contributed by atoms with Crippen molar-refractivity contribution in [3.8, 4) is 0 Å². The number of morpholine rings is 1. The van der Waals surface area contributed by atoms with Gasteiger partial charge < -0.3 is 14.2 Å². The summed E-state index contributed by atoms with van der Waals surface area (Å²) in [6.45, 7) is 0.304. The zero-order valence-electron chi connectivity index (χ0n) is 13.4. The number of ether oxygens (including phenoxy) is 1. The van der Waals surface area contributed by atoms with E-state index in [1.165, 1.54) is 0 Å². The molecule has 0 N–H and O–H groups in total. The summed E-state index contributed by atoms with van der Waals surface area (Å²) in [4.78, 5) is 26.3. The van der Waals surface area contributed by atoms with Crippen LogP contribution < -0.4 is 5.56 Å². The Morgan fingerprint density at radius 2 is 2.04 bits per heavy atom. The van der Waals surface area contributed by atoms with Crippen molar-refractivity contribution in [2.45, 2.75) is 50.6 Å². The maximum Gasteiger partial charge on any atom is 0.417 e. The highest BCUT2D eigenvalue weighted by Gasteiger charge is 2.37. The first-order chi connectivity index (χ1) is 11.8. The standard InChI is InChI=1S/C16H18ClF3N2O3/c17-11-7-10(16(18,19)20)8-21(15(11)24)9-14(23)22-5-6-25-13-4-2-1-3-12(13)22/h7-8,12-13H,1-6,9H2. The van der Waals surface area contributed by atoms with E-state index in [9.17, 15) is 22.8 Å². The number of alkyl halides is 3. The fourth-order valence-corrected chi connectivity index (χ4v) is 3.74. The Hall–Kier alpha value is -1.54. The summed E-state index contributed by atoms with van der Waals surface area (Å²) in [5.74, 6) is -0.391. The first kappa shape index (κ1) is 18.3. The molecule has 1 saturated heterocycles. The first-order valence-electron chi connectivity index (χ1n) is 8.15. The van der Waals surface area contributed by atoms with E-state index in [4.69, 9.17) is 16.3 Å². The fraction of sp³-hybridized carbons (Fsp3) is 0.625. The van der Waals surface area contributed by atoms with Crippen LogP contribution in [0.4, 0.5) is 13.2 Å². The van der Waals surface area contributed by atoms with Gasteiger partial charge in [-0.15, -0.1) is 0 Å². The molecule has 1 aliphatic heterocycles. The van der Waals surface area contributed by atoms with Crippen molar-refractivity contribution < 1.29 is 22.7 Å². The minimum Gasteiger partial charge on any atom is -0.374 e. The lowest BCUT2D eigenvalue weighted by Gasteiger charge is -2.43. The van der Waals surface area contributed by atoms with Gasteiger partial charge in [0.25, 0.3) is 5.56 Å². The van der Waals surface area contributed by atoms with Crippen molar-refractivity contribution in [1.82, 2.24) is 9.47 Å². The molecule has 1 saturated carbocycles. The normalized spacial score (nSPS) is 24.1. The Labute approximate surface area is 147 Å². The second-order valence-electron chi connectivity index (χ2n) is 6.36. The van der Waals surface area contributed by atoms with E-state index in [1.807, 2.05) is 0 Å². The monoisotopic (exact) mass is 378 g/mol. The molecule has 2 fully saturated rings. The summed E-state index contributed by atoms with van der Waals surface area (Å²) in [7, 11) is 0. The number of pyridine rings is 1. The lowest BCUT2D eigenvalue weighted by Crippen LogP contribution is -2.55. The SMILES string of the molecule is O=C(Cn1cc(C(F)(F)F)cc(Cl)c1=O)N1CCOC2CCCCC21. The number of aromatic nitrogens is 1. The minimum absolute atomic E-state index is 0.0340. The van der Waals surface area contributed by atoms with E-state index in [0.29, 0.717) is 25.4 Å². The van der Waals surface area contributed by atoms with Crippen LogP contribution in [0, 0.1) is 0 Å². The molecule has 25 heavy (non-hydrogen) atoms. The van der Waals surface area contributed by atoms with Gasteiger partial charge in [-0.3, -0.25) is 9.59 Å². The van der Waals surface area contributed by atoms with Gasteiger partial charge in [-0.2, -0.15) is 13.2 Å². The molecule has 3 rings (SSSR count). The lowest BCUT2D eigenvalue weighted by molar-refractivity contribution is -0.150. The van der Waals surface area contributed by atoms with E-state index in [0.717, 1.165) is 30.3 Å². The second-order valence-corrected chi connectivity index (χ2v) is 6.76. The van der Waals surface area contributed by atoms with Gasteiger partial charge >= 0.3 is 6.18 Å². The van der Waals surface area contributed by atoms with Gasteiger partial charge in [-0.1, -0.05) is 24.4 Å². The summed E-state index contributed by atoms with van der Waals surface area (Å²) >= 11 is 5.63. The number of carbonyl (C=O) groups is 1. The maximum atomic E-state index is 12.9. The Kier molecular flexibility index (Phi) is 5.11. The molecular weight excluding hydrogens is 361 g/mol. The number of fused-ring (bicyclic) bond motifs is 1. The predicted molar refractivity (Wildman–Crippen MR) is 84.4 cm³/mol. The number of carbonyl (C=O) groups excluding carboxylic acids is 1. The van der Waals surface area contributed by atoms with Crippen LogP contribution in [0.25, 0.3) is 0 Å². The maximum absolute atomic E-state index is 12.9. The average Bonchev–Trinajstić information content (AvgIpc) is 2.57. The molecule has 9 heteroatoms. The third-order valence-corrected chi connectivity index (χ3v) is 5.00. The summed E-state index contributed by atoms with van der Waals surface area (Å²) < 4.78 is 45.1. The molecule has 2 aliphatic rings. The Morgan fingerprint density at radius 3 is 2.76 bits per heavy atom. The number of nitrogens with zero attached hydrogens (tertiary/aromatic N) is 2. The van der Waals surface area contributed by atoms with Crippen LogP contribution in [0.15, 0.2) is 17.1 Å². The van der Waals surface area contributed by atoms with Gasteiger partial charge in [-0.25, -0.2) is 0 Å². The molecule has 1 aromatic rings. The molecule has 0 spiro atoms. The van der Waals surface area contributed by atoms with Gasteiger partial charge in [0.2, 0.25) is 5.91 Å². The lowest BCUT2D eigenvalue weighted by atomic mass is 9.90. The summed E-state index contributed by atoms with van der Waals surface area (Å²) in [5, 5.41) is -0.555. The molecule has 1 aromatic heterocycles. The van der Waals surface area contributed by atoms with Crippen molar-refractivity contribution >= 4 is 17.5 Å². The van der Waals surface area contributed by atoms with Crippen molar-refractivity contribution in [3.05, 3.63) is 33.2 Å². The van der Waals surface area contributed by atoms with Crippen molar-refractivity contribution in [3.63, 3.8) is 0 Å². The van der Waals surface area contributed by atoms with Gasteiger partial charge in [-0.05, 0) is 18.9 Å². The topological polar surface area (TPSA) is 51.5 Å².